The van der Waals surface area contributed by atoms with E-state index in [2.05, 4.69) is 121 Å². The van der Waals surface area contributed by atoms with E-state index < -0.39 is 0 Å². The number of rotatable bonds is 4. The van der Waals surface area contributed by atoms with Crippen molar-refractivity contribution >= 4 is 85.0 Å². The summed E-state index contributed by atoms with van der Waals surface area (Å²) in [5.41, 5.74) is 6.66. The number of hydrogen-bond acceptors (Lipinski definition) is 6. The molecule has 238 valence electrons. The van der Waals surface area contributed by atoms with Gasteiger partial charge in [-0.2, -0.15) is 0 Å². The van der Waals surface area contributed by atoms with Gasteiger partial charge in [0.15, 0.2) is 17.5 Å². The van der Waals surface area contributed by atoms with E-state index >= 15 is 0 Å². The molecule has 0 aliphatic rings. The Hall–Kier alpha value is -6.21. The van der Waals surface area contributed by atoms with Crippen molar-refractivity contribution in [1.29, 1.82) is 0 Å². The van der Waals surface area contributed by atoms with E-state index in [1.807, 2.05) is 53.0 Å². The zero-order chi connectivity index (χ0) is 33.5. The molecule has 11 rings (SSSR count). The zero-order valence-corrected chi connectivity index (χ0v) is 28.6. The van der Waals surface area contributed by atoms with Gasteiger partial charge in [-0.1, -0.05) is 103 Å². The maximum Gasteiger partial charge on any atom is 0.164 e. The summed E-state index contributed by atoms with van der Waals surface area (Å²) in [5.74, 6) is 1.87. The van der Waals surface area contributed by atoms with Crippen LogP contribution in [-0.4, -0.2) is 15.0 Å². The van der Waals surface area contributed by atoms with E-state index in [1.54, 1.807) is 0 Å². The summed E-state index contributed by atoms with van der Waals surface area (Å²) in [6.07, 6.45) is 0. The van der Waals surface area contributed by atoms with Gasteiger partial charge in [-0.3, -0.25) is 0 Å². The van der Waals surface area contributed by atoms with Crippen LogP contribution in [0.1, 0.15) is 0 Å². The third kappa shape index (κ3) is 4.47. The summed E-state index contributed by atoms with van der Waals surface area (Å²) in [4.78, 5) is 15.5. The summed E-state index contributed by atoms with van der Waals surface area (Å²) in [7, 11) is 0. The molecule has 0 saturated carbocycles. The molecule has 0 N–H and O–H groups in total. The van der Waals surface area contributed by atoms with Crippen LogP contribution in [0.3, 0.4) is 0 Å². The molecule has 0 radical (unpaired) electrons. The van der Waals surface area contributed by atoms with Crippen molar-refractivity contribution < 1.29 is 4.42 Å². The van der Waals surface area contributed by atoms with Gasteiger partial charge in [-0.25, -0.2) is 15.0 Å². The molecule has 0 atom stereocenters. The molecular weight excluding hydrogens is 663 g/mol. The second-order valence-electron chi connectivity index (χ2n) is 12.7. The van der Waals surface area contributed by atoms with Gasteiger partial charge in [-0.05, 0) is 48.5 Å². The Morgan fingerprint density at radius 3 is 1.86 bits per heavy atom. The lowest BCUT2D eigenvalue weighted by Crippen LogP contribution is -2.00. The van der Waals surface area contributed by atoms with Crippen LogP contribution < -0.4 is 0 Å². The first-order chi connectivity index (χ1) is 25.3. The van der Waals surface area contributed by atoms with Gasteiger partial charge in [0.1, 0.15) is 11.2 Å². The zero-order valence-electron chi connectivity index (χ0n) is 27.0. The number of thiophene rings is 2. The number of fused-ring (bicyclic) bond motifs is 9. The first kappa shape index (κ1) is 28.6. The van der Waals surface area contributed by atoms with E-state index in [1.165, 1.54) is 40.3 Å². The highest BCUT2D eigenvalue weighted by molar-refractivity contribution is 7.26. The van der Waals surface area contributed by atoms with E-state index in [4.69, 9.17) is 19.4 Å². The molecular formula is C45H25N3OS2. The predicted octanol–water partition coefficient (Wildman–Crippen LogP) is 13.2. The first-order valence-corrected chi connectivity index (χ1v) is 18.5. The molecule has 4 nitrogen and oxygen atoms in total. The maximum absolute atomic E-state index is 6.77. The van der Waals surface area contributed by atoms with Crippen LogP contribution in [0.2, 0.25) is 0 Å². The molecule has 4 heterocycles. The predicted molar refractivity (Wildman–Crippen MR) is 215 cm³/mol. The summed E-state index contributed by atoms with van der Waals surface area (Å²) in [6.45, 7) is 0. The molecule has 0 aliphatic heterocycles. The highest BCUT2D eigenvalue weighted by atomic mass is 32.1. The Kier molecular flexibility index (Phi) is 6.26. The van der Waals surface area contributed by atoms with Gasteiger partial charge >= 0.3 is 0 Å². The molecule has 7 aromatic carbocycles. The third-order valence-corrected chi connectivity index (χ3v) is 12.1. The Morgan fingerprint density at radius 1 is 0.392 bits per heavy atom. The van der Waals surface area contributed by atoms with Crippen LogP contribution in [0.4, 0.5) is 0 Å². The van der Waals surface area contributed by atoms with Crippen molar-refractivity contribution in [3.8, 4) is 45.3 Å². The van der Waals surface area contributed by atoms with Gasteiger partial charge in [0, 0.05) is 78.9 Å². The monoisotopic (exact) mass is 687 g/mol. The number of para-hydroxylation sites is 1. The average molecular weight is 688 g/mol. The summed E-state index contributed by atoms with van der Waals surface area (Å²) < 4.78 is 11.8. The molecule has 11 aromatic rings. The molecule has 4 aromatic heterocycles. The van der Waals surface area contributed by atoms with Gasteiger partial charge in [0.05, 0.1) is 0 Å². The average Bonchev–Trinajstić information content (AvgIpc) is 3.89. The van der Waals surface area contributed by atoms with Gasteiger partial charge in [-0.15, -0.1) is 22.7 Å². The fraction of sp³-hybridized carbons (Fsp3) is 0. The molecule has 0 saturated heterocycles. The van der Waals surface area contributed by atoms with Crippen molar-refractivity contribution in [2.75, 3.05) is 0 Å². The van der Waals surface area contributed by atoms with Crippen molar-refractivity contribution in [2.24, 2.45) is 0 Å². The van der Waals surface area contributed by atoms with Crippen LogP contribution in [0.25, 0.3) is 108 Å². The maximum atomic E-state index is 6.77. The molecule has 0 unspecified atom stereocenters. The van der Waals surface area contributed by atoms with Crippen molar-refractivity contribution in [1.82, 2.24) is 15.0 Å². The van der Waals surface area contributed by atoms with Crippen LogP contribution in [-0.2, 0) is 0 Å². The van der Waals surface area contributed by atoms with Crippen LogP contribution in [0, 0.1) is 0 Å². The van der Waals surface area contributed by atoms with Gasteiger partial charge in [0.25, 0.3) is 0 Å². The summed E-state index contributed by atoms with van der Waals surface area (Å²) in [6, 6.07) is 53.1. The van der Waals surface area contributed by atoms with Crippen LogP contribution in [0.5, 0.6) is 0 Å². The number of hydrogen-bond donors (Lipinski definition) is 0. The lowest BCUT2D eigenvalue weighted by molar-refractivity contribution is 0.670. The molecule has 51 heavy (non-hydrogen) atoms. The fourth-order valence-electron chi connectivity index (χ4n) is 7.39. The Balaban J connectivity index is 1.18. The standard InChI is InChI=1S/C45H25N3OS2/c1-2-11-26(12-3-1)43-46-44(27-21-24-39-35(25-27)29-14-6-8-19-37(29)50-39)48-45(47-43)34-23-22-30(41-40(34)33-15-4-7-18-36(33)49-41)32-17-10-16-31-28-13-5-9-20-38(28)51-42(31)32/h1-25H. The first-order valence-electron chi connectivity index (χ1n) is 16.9. The quantitative estimate of drug-likeness (QED) is 0.185. The minimum absolute atomic E-state index is 0.609. The van der Waals surface area contributed by atoms with Gasteiger partial charge in [0.2, 0.25) is 0 Å². The Labute approximate surface area is 299 Å². The minimum Gasteiger partial charge on any atom is -0.455 e. The van der Waals surface area contributed by atoms with Crippen molar-refractivity contribution in [3.63, 3.8) is 0 Å². The molecule has 0 aliphatic carbocycles. The second-order valence-corrected chi connectivity index (χ2v) is 14.9. The normalized spacial score (nSPS) is 11.9. The molecule has 0 bridgehead atoms. The SMILES string of the molecule is c1ccc(-c2nc(-c3ccc4sc5ccccc5c4c3)nc(-c3ccc(-c4cccc5c4sc4ccccc45)c4oc5ccccc5c34)n2)cc1. The summed E-state index contributed by atoms with van der Waals surface area (Å²) in [5, 5.41) is 7.01. The van der Waals surface area contributed by atoms with Crippen LogP contribution >= 0.6 is 22.7 Å². The fourth-order valence-corrected chi connectivity index (χ4v) is 9.71. The lowest BCUT2D eigenvalue weighted by Gasteiger charge is -2.11. The topological polar surface area (TPSA) is 51.8 Å². The van der Waals surface area contributed by atoms with E-state index in [9.17, 15) is 0 Å². The second kappa shape index (κ2) is 11.2. The Bertz CT molecular complexity index is 3160. The largest absolute Gasteiger partial charge is 0.455 e. The molecule has 0 spiro atoms. The number of aromatic nitrogens is 3. The summed E-state index contributed by atoms with van der Waals surface area (Å²) >= 11 is 3.63. The lowest BCUT2D eigenvalue weighted by atomic mass is 9.97. The van der Waals surface area contributed by atoms with E-state index in [-0.39, 0.29) is 0 Å². The third-order valence-electron chi connectivity index (χ3n) is 9.76. The van der Waals surface area contributed by atoms with E-state index in [0.29, 0.717) is 17.5 Å². The van der Waals surface area contributed by atoms with Crippen LogP contribution in [0.15, 0.2) is 156 Å². The number of benzene rings is 7. The molecule has 0 amide bonds. The molecule has 6 heteroatoms. The minimum atomic E-state index is 0.609. The molecule has 0 fully saturated rings. The Morgan fingerprint density at radius 2 is 1.02 bits per heavy atom. The highest BCUT2D eigenvalue weighted by Gasteiger charge is 2.22. The number of furan rings is 1. The number of nitrogens with zero attached hydrogens (tertiary/aromatic N) is 3. The van der Waals surface area contributed by atoms with Gasteiger partial charge < -0.3 is 4.42 Å². The van der Waals surface area contributed by atoms with Crippen molar-refractivity contribution in [3.05, 3.63) is 152 Å². The highest BCUT2D eigenvalue weighted by Crippen LogP contribution is 2.46. The smallest absolute Gasteiger partial charge is 0.164 e. The van der Waals surface area contributed by atoms with Crippen molar-refractivity contribution in [2.45, 2.75) is 0 Å². The van der Waals surface area contributed by atoms with E-state index in [0.717, 1.165) is 49.8 Å².